The van der Waals surface area contributed by atoms with Crippen LogP contribution in [0.4, 0.5) is 0 Å². The second-order valence-electron chi connectivity index (χ2n) is 5.52. The van der Waals surface area contributed by atoms with E-state index in [4.69, 9.17) is 5.84 Å². The molecule has 0 aliphatic carbocycles. The van der Waals surface area contributed by atoms with Gasteiger partial charge < -0.3 is 0 Å². The van der Waals surface area contributed by atoms with Crippen LogP contribution in [0.5, 0.6) is 0 Å². The average molecular weight is 289 g/mol. The number of nitrogens with one attached hydrogen (secondary N) is 1. The molecule has 3 N–H and O–H groups in total. The van der Waals surface area contributed by atoms with Gasteiger partial charge in [0, 0.05) is 17.3 Å². The fourth-order valence-corrected chi connectivity index (χ4v) is 3.51. The molecule has 2 aromatic rings. The van der Waals surface area contributed by atoms with Crippen molar-refractivity contribution in [2.24, 2.45) is 5.84 Å². The van der Waals surface area contributed by atoms with Crippen LogP contribution in [-0.4, -0.2) is 11.0 Å². The van der Waals surface area contributed by atoms with E-state index in [0.717, 1.165) is 23.5 Å². The lowest BCUT2D eigenvalue weighted by Crippen LogP contribution is -2.38. The summed E-state index contributed by atoms with van der Waals surface area (Å²) in [5, 5.41) is 1.16. The van der Waals surface area contributed by atoms with Crippen LogP contribution in [-0.2, 0) is 12.8 Å². The number of hydrogen-bond acceptors (Lipinski definition) is 4. The maximum Gasteiger partial charge on any atom is 0.0947 e. The van der Waals surface area contributed by atoms with Crippen molar-refractivity contribution in [3.63, 3.8) is 0 Å². The molecule has 0 aliphatic rings. The molecule has 1 aromatic carbocycles. The van der Waals surface area contributed by atoms with E-state index in [1.54, 1.807) is 11.3 Å². The predicted molar refractivity (Wildman–Crippen MR) is 86.0 cm³/mol. The molecule has 0 saturated heterocycles. The number of aryl methyl sites for hydroxylation is 4. The lowest BCUT2D eigenvalue weighted by Gasteiger charge is -2.15. The van der Waals surface area contributed by atoms with E-state index in [1.807, 2.05) is 0 Å². The molecule has 3 nitrogen and oxygen atoms in total. The zero-order valence-corrected chi connectivity index (χ0v) is 13.5. The largest absolute Gasteiger partial charge is 0.271 e. The molecule has 2 rings (SSSR count). The van der Waals surface area contributed by atoms with Gasteiger partial charge in [-0.3, -0.25) is 11.3 Å². The van der Waals surface area contributed by atoms with Gasteiger partial charge in [0.2, 0.25) is 0 Å². The number of nitrogens with two attached hydrogens (primary N) is 1. The number of hydrogen-bond donors (Lipinski definition) is 2. The molecule has 0 bridgehead atoms. The van der Waals surface area contributed by atoms with E-state index in [1.165, 1.54) is 21.6 Å². The van der Waals surface area contributed by atoms with Crippen LogP contribution in [0.2, 0.25) is 0 Å². The van der Waals surface area contributed by atoms with Crippen LogP contribution in [0.1, 0.15) is 32.3 Å². The summed E-state index contributed by atoms with van der Waals surface area (Å²) < 4.78 is 0. The van der Waals surface area contributed by atoms with Gasteiger partial charge in [0.15, 0.2) is 0 Å². The lowest BCUT2D eigenvalue weighted by molar-refractivity contribution is 0.521. The third kappa shape index (κ3) is 3.88. The molecule has 1 aromatic heterocycles. The number of rotatable bonds is 5. The predicted octanol–water partition coefficient (Wildman–Crippen LogP) is 2.99. The molecule has 0 aliphatic heterocycles. The number of aromatic nitrogens is 1. The molecule has 0 fully saturated rings. The molecule has 1 atom stereocenters. The van der Waals surface area contributed by atoms with Gasteiger partial charge in [-0.25, -0.2) is 4.98 Å². The van der Waals surface area contributed by atoms with Gasteiger partial charge in [0.25, 0.3) is 0 Å². The fourth-order valence-electron chi connectivity index (χ4n) is 2.50. The minimum absolute atomic E-state index is 0.223. The molecule has 0 amide bonds. The summed E-state index contributed by atoms with van der Waals surface area (Å²) in [4.78, 5) is 5.89. The van der Waals surface area contributed by atoms with Crippen LogP contribution in [0.15, 0.2) is 18.2 Å². The Kier molecular flexibility index (Phi) is 4.91. The summed E-state index contributed by atoms with van der Waals surface area (Å²) in [6.07, 6.45) is 1.81. The zero-order chi connectivity index (χ0) is 14.7. The Hall–Kier alpha value is -1.23. The highest BCUT2D eigenvalue weighted by Gasteiger charge is 2.13. The van der Waals surface area contributed by atoms with E-state index >= 15 is 0 Å². The van der Waals surface area contributed by atoms with Crippen molar-refractivity contribution in [2.45, 2.75) is 46.6 Å². The Morgan fingerprint density at radius 2 is 1.75 bits per heavy atom. The Labute approximate surface area is 125 Å². The maximum atomic E-state index is 5.72. The summed E-state index contributed by atoms with van der Waals surface area (Å²) in [5.74, 6) is 5.72. The van der Waals surface area contributed by atoms with Crippen molar-refractivity contribution in [3.05, 3.63) is 50.5 Å². The Morgan fingerprint density at radius 3 is 2.25 bits per heavy atom. The van der Waals surface area contributed by atoms with Crippen molar-refractivity contribution in [1.82, 2.24) is 10.4 Å². The first-order valence-corrected chi connectivity index (χ1v) is 7.75. The van der Waals surface area contributed by atoms with Gasteiger partial charge >= 0.3 is 0 Å². The van der Waals surface area contributed by atoms with Crippen LogP contribution < -0.4 is 11.3 Å². The smallest absolute Gasteiger partial charge is 0.0947 e. The monoisotopic (exact) mass is 289 g/mol. The zero-order valence-electron chi connectivity index (χ0n) is 12.7. The third-order valence-corrected chi connectivity index (χ3v) is 4.59. The molecule has 4 heteroatoms. The quantitative estimate of drug-likeness (QED) is 0.657. The highest BCUT2D eigenvalue weighted by atomic mass is 32.1. The van der Waals surface area contributed by atoms with Crippen LogP contribution >= 0.6 is 11.3 Å². The van der Waals surface area contributed by atoms with E-state index in [-0.39, 0.29) is 6.04 Å². The van der Waals surface area contributed by atoms with Crippen LogP contribution in [0.25, 0.3) is 0 Å². The summed E-state index contributed by atoms with van der Waals surface area (Å²) in [5.41, 5.74) is 8.00. The van der Waals surface area contributed by atoms with Crippen molar-refractivity contribution in [3.8, 4) is 0 Å². The Balaban J connectivity index is 2.08. The highest BCUT2D eigenvalue weighted by Crippen LogP contribution is 2.19. The third-order valence-electron chi connectivity index (χ3n) is 3.49. The number of thiazole rings is 1. The molecule has 1 unspecified atom stereocenters. The lowest BCUT2D eigenvalue weighted by atomic mass is 10.00. The minimum atomic E-state index is 0.223. The maximum absolute atomic E-state index is 5.72. The SMILES string of the molecule is Cc1cc(C)cc(CC(Cc2nc(C)c(C)s2)NN)c1. The normalized spacial score (nSPS) is 12.7. The summed E-state index contributed by atoms with van der Waals surface area (Å²) in [6, 6.07) is 6.88. The van der Waals surface area contributed by atoms with Gasteiger partial charge in [-0.2, -0.15) is 0 Å². The van der Waals surface area contributed by atoms with Gasteiger partial charge in [-0.15, -0.1) is 11.3 Å². The fraction of sp³-hybridized carbons (Fsp3) is 0.438. The summed E-state index contributed by atoms with van der Waals surface area (Å²) in [6.45, 7) is 8.44. The van der Waals surface area contributed by atoms with E-state index < -0.39 is 0 Å². The topological polar surface area (TPSA) is 50.9 Å². The standard InChI is InChI=1S/C16H23N3S/c1-10-5-11(2)7-14(6-10)8-15(19-17)9-16-18-12(3)13(4)20-16/h5-7,15,19H,8-9,17H2,1-4H3. The van der Waals surface area contributed by atoms with Crippen molar-refractivity contribution in [2.75, 3.05) is 0 Å². The average Bonchev–Trinajstić information content (AvgIpc) is 2.66. The number of nitrogens with zero attached hydrogens (tertiary/aromatic N) is 1. The molecule has 1 heterocycles. The number of benzene rings is 1. The second-order valence-corrected chi connectivity index (χ2v) is 6.80. The summed E-state index contributed by atoms with van der Waals surface area (Å²) >= 11 is 1.77. The Morgan fingerprint density at radius 1 is 1.10 bits per heavy atom. The van der Waals surface area contributed by atoms with Crippen LogP contribution in [0.3, 0.4) is 0 Å². The van der Waals surface area contributed by atoms with Gasteiger partial charge in [-0.1, -0.05) is 29.3 Å². The van der Waals surface area contributed by atoms with Crippen molar-refractivity contribution in [1.29, 1.82) is 0 Å². The molecular formula is C16H23N3S. The van der Waals surface area contributed by atoms with Gasteiger partial charge in [0.05, 0.1) is 10.7 Å². The van der Waals surface area contributed by atoms with E-state index in [0.29, 0.717) is 0 Å². The minimum Gasteiger partial charge on any atom is -0.271 e. The first kappa shape index (κ1) is 15.2. The highest BCUT2D eigenvalue weighted by molar-refractivity contribution is 7.11. The van der Waals surface area contributed by atoms with Crippen molar-refractivity contribution < 1.29 is 0 Å². The molecule has 0 saturated carbocycles. The molecule has 108 valence electrons. The first-order valence-electron chi connectivity index (χ1n) is 6.94. The van der Waals surface area contributed by atoms with E-state index in [9.17, 15) is 0 Å². The second kappa shape index (κ2) is 6.48. The molecule has 0 radical (unpaired) electrons. The van der Waals surface area contributed by atoms with Gasteiger partial charge in [0.1, 0.15) is 0 Å². The van der Waals surface area contributed by atoms with E-state index in [2.05, 4.69) is 56.3 Å². The van der Waals surface area contributed by atoms with Crippen LogP contribution in [0, 0.1) is 27.7 Å². The van der Waals surface area contributed by atoms with Gasteiger partial charge in [-0.05, 0) is 39.7 Å². The molecule has 20 heavy (non-hydrogen) atoms. The number of hydrazine groups is 1. The summed E-state index contributed by atoms with van der Waals surface area (Å²) in [7, 11) is 0. The Bertz CT molecular complexity index is 550. The van der Waals surface area contributed by atoms with Crippen molar-refractivity contribution >= 4 is 11.3 Å². The molecule has 0 spiro atoms. The molecular weight excluding hydrogens is 266 g/mol. The first-order chi connectivity index (χ1) is 9.47.